The summed E-state index contributed by atoms with van der Waals surface area (Å²) in [6.45, 7) is 1.60. The zero-order valence-electron chi connectivity index (χ0n) is 17.4. The lowest BCUT2D eigenvalue weighted by atomic mass is 9.59. The van der Waals surface area contributed by atoms with E-state index in [1.54, 1.807) is 19.1 Å². The number of allylic oxidation sites excluding steroid dienone is 6. The first-order valence-corrected chi connectivity index (χ1v) is 10.7. The zero-order chi connectivity index (χ0) is 22.9. The van der Waals surface area contributed by atoms with Crippen LogP contribution in [0.1, 0.15) is 31.2 Å². The standard InChI is InChI=1S/C24H20ClNO6/c1-9-5-16(27)20-14(21(9)28)8-13-11(3-4-12-19(13)24(31)26-23(12)30)18(20)10-6-15(25)22(29)17(7-10)32-2/h3,5-7,12-13,18-19,29H,4,8H2,1-2H3,(H,26,30,31)/t12-,13+,18-,19-/m0/s1. The molecule has 1 aromatic carbocycles. The highest BCUT2D eigenvalue weighted by Gasteiger charge is 2.53. The first-order chi connectivity index (χ1) is 15.2. The number of aromatic hydroxyl groups is 1. The van der Waals surface area contributed by atoms with Gasteiger partial charge in [0.2, 0.25) is 11.8 Å². The summed E-state index contributed by atoms with van der Waals surface area (Å²) in [5.41, 5.74) is 2.46. The van der Waals surface area contributed by atoms with E-state index in [2.05, 4.69) is 5.32 Å². The Morgan fingerprint density at radius 2 is 1.88 bits per heavy atom. The number of hydrogen-bond donors (Lipinski definition) is 2. The van der Waals surface area contributed by atoms with Gasteiger partial charge in [-0.2, -0.15) is 0 Å². The molecule has 5 rings (SSSR count). The Bertz CT molecular complexity index is 1220. The molecule has 2 amide bonds. The molecule has 2 N–H and O–H groups in total. The molecule has 4 aliphatic rings. The zero-order valence-corrected chi connectivity index (χ0v) is 18.2. The predicted octanol–water partition coefficient (Wildman–Crippen LogP) is 2.77. The number of amides is 2. The van der Waals surface area contributed by atoms with Crippen LogP contribution in [-0.2, 0) is 19.2 Å². The van der Waals surface area contributed by atoms with Gasteiger partial charge in [-0.25, -0.2) is 0 Å². The van der Waals surface area contributed by atoms with Crippen molar-refractivity contribution >= 4 is 35.0 Å². The van der Waals surface area contributed by atoms with Gasteiger partial charge in [0, 0.05) is 22.6 Å². The van der Waals surface area contributed by atoms with E-state index >= 15 is 0 Å². The summed E-state index contributed by atoms with van der Waals surface area (Å²) in [5, 5.41) is 12.7. The summed E-state index contributed by atoms with van der Waals surface area (Å²) < 4.78 is 5.25. The van der Waals surface area contributed by atoms with E-state index < -0.39 is 23.7 Å². The molecule has 0 saturated carbocycles. The van der Waals surface area contributed by atoms with E-state index in [1.165, 1.54) is 13.2 Å². The van der Waals surface area contributed by atoms with Gasteiger partial charge in [0.1, 0.15) is 0 Å². The van der Waals surface area contributed by atoms with Gasteiger partial charge in [-0.05, 0) is 49.5 Å². The van der Waals surface area contributed by atoms with Crippen LogP contribution in [0, 0.1) is 17.8 Å². The van der Waals surface area contributed by atoms with E-state index in [4.69, 9.17) is 16.3 Å². The van der Waals surface area contributed by atoms with E-state index in [0.717, 1.165) is 5.57 Å². The molecule has 1 aromatic rings. The second kappa shape index (κ2) is 7.17. The van der Waals surface area contributed by atoms with Crippen molar-refractivity contribution in [3.8, 4) is 11.5 Å². The number of methoxy groups -OCH3 is 1. The first-order valence-electron chi connectivity index (χ1n) is 10.3. The third-order valence-corrected chi connectivity index (χ3v) is 7.30. The maximum Gasteiger partial charge on any atom is 0.231 e. The minimum Gasteiger partial charge on any atom is -0.503 e. The minimum absolute atomic E-state index is 0.0491. The van der Waals surface area contributed by atoms with Gasteiger partial charge in [0.05, 0.1) is 24.0 Å². The molecule has 0 radical (unpaired) electrons. The van der Waals surface area contributed by atoms with Crippen LogP contribution in [0.2, 0.25) is 5.02 Å². The Kier molecular flexibility index (Phi) is 4.64. The van der Waals surface area contributed by atoms with Crippen LogP contribution < -0.4 is 10.1 Å². The Morgan fingerprint density at radius 3 is 2.59 bits per heavy atom. The molecular formula is C24H20ClNO6. The maximum atomic E-state index is 13.1. The average molecular weight is 454 g/mol. The molecule has 7 nitrogen and oxygen atoms in total. The van der Waals surface area contributed by atoms with Gasteiger partial charge in [-0.1, -0.05) is 23.3 Å². The van der Waals surface area contributed by atoms with Crippen LogP contribution in [0.25, 0.3) is 0 Å². The summed E-state index contributed by atoms with van der Waals surface area (Å²) >= 11 is 6.25. The van der Waals surface area contributed by atoms with Crippen LogP contribution >= 0.6 is 11.6 Å². The predicted molar refractivity (Wildman–Crippen MR) is 114 cm³/mol. The van der Waals surface area contributed by atoms with Crippen LogP contribution in [0.3, 0.4) is 0 Å². The highest BCUT2D eigenvalue weighted by molar-refractivity contribution is 6.32. The first kappa shape index (κ1) is 20.7. The van der Waals surface area contributed by atoms with Crippen molar-refractivity contribution in [2.24, 2.45) is 17.8 Å². The molecular weight excluding hydrogens is 434 g/mol. The number of rotatable bonds is 2. The van der Waals surface area contributed by atoms with Crippen molar-refractivity contribution in [2.45, 2.75) is 25.7 Å². The molecule has 1 fully saturated rings. The van der Waals surface area contributed by atoms with Gasteiger partial charge in [-0.15, -0.1) is 0 Å². The maximum absolute atomic E-state index is 13.1. The van der Waals surface area contributed by atoms with E-state index in [9.17, 15) is 24.3 Å². The van der Waals surface area contributed by atoms with Crippen molar-refractivity contribution in [2.75, 3.05) is 7.11 Å². The number of ketones is 2. The molecule has 32 heavy (non-hydrogen) atoms. The largest absolute Gasteiger partial charge is 0.503 e. The molecule has 1 aliphatic heterocycles. The number of fused-ring (bicyclic) bond motifs is 3. The quantitative estimate of drug-likeness (QED) is 0.405. The van der Waals surface area contributed by atoms with Gasteiger partial charge in [0.15, 0.2) is 23.1 Å². The minimum atomic E-state index is -0.638. The molecule has 0 aromatic heterocycles. The lowest BCUT2D eigenvalue weighted by Gasteiger charge is -2.42. The molecule has 4 atom stereocenters. The van der Waals surface area contributed by atoms with Crippen LogP contribution in [0.4, 0.5) is 0 Å². The number of carbonyl (C=O) groups is 4. The van der Waals surface area contributed by atoms with Gasteiger partial charge in [0.25, 0.3) is 0 Å². The van der Waals surface area contributed by atoms with Crippen molar-refractivity contribution in [1.29, 1.82) is 0 Å². The van der Waals surface area contributed by atoms with Crippen LogP contribution in [0.5, 0.6) is 11.5 Å². The number of phenolic OH excluding ortho intramolecular Hbond substituents is 1. The molecule has 0 bridgehead atoms. The molecule has 1 saturated heterocycles. The summed E-state index contributed by atoms with van der Waals surface area (Å²) in [4.78, 5) is 51.2. The molecule has 164 valence electrons. The molecule has 0 spiro atoms. The SMILES string of the molecule is COc1cc([C@H]2C3=CC[C@@H]4C(=O)NC(=O)[C@@H]4[C@@H]3CC3=C2C(=O)C=C(C)C3=O)cc(Cl)c1O. The van der Waals surface area contributed by atoms with Crippen molar-refractivity contribution in [3.63, 3.8) is 0 Å². The summed E-state index contributed by atoms with van der Waals surface area (Å²) in [7, 11) is 1.39. The Balaban J connectivity index is 1.74. The van der Waals surface area contributed by atoms with Gasteiger partial charge in [-0.3, -0.25) is 24.5 Å². The highest BCUT2D eigenvalue weighted by atomic mass is 35.5. The topological polar surface area (TPSA) is 110 Å². The average Bonchev–Trinajstić information content (AvgIpc) is 3.06. The molecule has 1 heterocycles. The van der Waals surface area contributed by atoms with Crippen molar-refractivity contribution < 1.29 is 29.0 Å². The summed E-state index contributed by atoms with van der Waals surface area (Å²) in [5.74, 6) is -3.34. The second-order valence-electron chi connectivity index (χ2n) is 8.64. The third-order valence-electron chi connectivity index (χ3n) is 7.01. The number of carbonyl (C=O) groups excluding carboxylic acids is 4. The number of hydrogen-bond acceptors (Lipinski definition) is 6. The monoisotopic (exact) mass is 453 g/mol. The fraction of sp³-hybridized carbons (Fsp3) is 0.333. The number of benzene rings is 1. The van der Waals surface area contributed by atoms with E-state index in [-0.39, 0.29) is 46.3 Å². The number of phenols is 1. The Hall–Kier alpha value is -3.19. The highest BCUT2D eigenvalue weighted by Crippen LogP contribution is 2.55. The fourth-order valence-electron chi connectivity index (χ4n) is 5.59. The molecule has 3 aliphatic carbocycles. The smallest absolute Gasteiger partial charge is 0.231 e. The summed E-state index contributed by atoms with van der Waals surface area (Å²) in [6.07, 6.45) is 3.84. The lowest BCUT2D eigenvalue weighted by molar-refractivity contribution is -0.126. The number of nitrogens with one attached hydrogen (secondary N) is 1. The van der Waals surface area contributed by atoms with Gasteiger partial charge < -0.3 is 9.84 Å². The van der Waals surface area contributed by atoms with E-state index in [1.807, 2.05) is 6.08 Å². The Labute approximate surface area is 188 Å². The number of ether oxygens (including phenoxy) is 1. The Morgan fingerprint density at radius 1 is 1.12 bits per heavy atom. The van der Waals surface area contributed by atoms with E-state index in [0.29, 0.717) is 28.7 Å². The third kappa shape index (κ3) is 2.80. The van der Waals surface area contributed by atoms with Crippen LogP contribution in [0.15, 0.2) is 46.6 Å². The fourth-order valence-corrected chi connectivity index (χ4v) is 5.81. The normalized spacial score (nSPS) is 29.1. The number of halogens is 1. The van der Waals surface area contributed by atoms with Crippen molar-refractivity contribution in [1.82, 2.24) is 5.32 Å². The van der Waals surface area contributed by atoms with Crippen molar-refractivity contribution in [3.05, 3.63) is 57.2 Å². The second-order valence-corrected chi connectivity index (χ2v) is 9.04. The molecule has 0 unspecified atom stereocenters. The molecule has 8 heteroatoms. The number of imide groups is 1. The summed E-state index contributed by atoms with van der Waals surface area (Å²) in [6, 6.07) is 3.14. The van der Waals surface area contributed by atoms with Gasteiger partial charge >= 0.3 is 0 Å². The lowest BCUT2D eigenvalue weighted by Crippen LogP contribution is -2.39. The number of Topliss-reactive ketones (excluding diaryl/α,β-unsaturated/α-hetero) is 1. The van der Waals surface area contributed by atoms with Crippen LogP contribution in [-0.4, -0.2) is 35.6 Å².